The van der Waals surface area contributed by atoms with Crippen molar-refractivity contribution in [2.75, 3.05) is 13.2 Å². The molecule has 0 amide bonds. The van der Waals surface area contributed by atoms with E-state index in [1.54, 1.807) is 13.8 Å². The van der Waals surface area contributed by atoms with Gasteiger partial charge < -0.3 is 14.6 Å². The van der Waals surface area contributed by atoms with Gasteiger partial charge in [0.25, 0.3) is 0 Å². The normalized spacial score (nSPS) is 14.3. The summed E-state index contributed by atoms with van der Waals surface area (Å²) in [6, 6.07) is 0. The van der Waals surface area contributed by atoms with Crippen LogP contribution in [-0.4, -0.2) is 36.4 Å². The van der Waals surface area contributed by atoms with E-state index in [9.17, 15) is 14.7 Å². The van der Waals surface area contributed by atoms with Crippen molar-refractivity contribution in [1.82, 2.24) is 0 Å². The number of rotatable bonds is 5. The van der Waals surface area contributed by atoms with Crippen molar-refractivity contribution in [3.8, 4) is 0 Å². The summed E-state index contributed by atoms with van der Waals surface area (Å²) in [5.41, 5.74) is 0. The zero-order valence-electron chi connectivity index (χ0n) is 8.65. The van der Waals surface area contributed by atoms with Gasteiger partial charge in [0.1, 0.15) is 0 Å². The van der Waals surface area contributed by atoms with Gasteiger partial charge >= 0.3 is 11.9 Å². The third-order valence-electron chi connectivity index (χ3n) is 1.66. The molecule has 0 rings (SSSR count). The van der Waals surface area contributed by atoms with E-state index < -0.39 is 24.0 Å². The van der Waals surface area contributed by atoms with Gasteiger partial charge in [-0.25, -0.2) is 4.79 Å². The van der Waals surface area contributed by atoms with Gasteiger partial charge in [-0.2, -0.15) is 0 Å². The van der Waals surface area contributed by atoms with Crippen LogP contribution in [0.25, 0.3) is 0 Å². The Morgan fingerprint density at radius 3 is 2.00 bits per heavy atom. The van der Waals surface area contributed by atoms with Crippen LogP contribution in [0.1, 0.15) is 20.8 Å². The van der Waals surface area contributed by atoms with E-state index in [4.69, 9.17) is 0 Å². The molecular formula is C9H16O5. The SMILES string of the molecule is CCOC(=O)[C@@H](C)[C@@H](O)C(=O)OCC. The molecule has 0 radical (unpaired) electrons. The molecule has 82 valence electrons. The third-order valence-corrected chi connectivity index (χ3v) is 1.66. The molecule has 0 unspecified atom stereocenters. The molecule has 1 N–H and O–H groups in total. The van der Waals surface area contributed by atoms with E-state index in [-0.39, 0.29) is 13.2 Å². The minimum absolute atomic E-state index is 0.172. The fourth-order valence-corrected chi connectivity index (χ4v) is 0.834. The predicted molar refractivity (Wildman–Crippen MR) is 48.4 cm³/mol. The molecule has 0 spiro atoms. The Bertz CT molecular complexity index is 179. The first-order chi connectivity index (χ1) is 6.54. The molecule has 0 saturated carbocycles. The van der Waals surface area contributed by atoms with E-state index in [0.717, 1.165) is 0 Å². The summed E-state index contributed by atoms with van der Waals surface area (Å²) in [5, 5.41) is 9.34. The number of esters is 2. The van der Waals surface area contributed by atoms with Crippen LogP contribution in [0.15, 0.2) is 0 Å². The van der Waals surface area contributed by atoms with E-state index >= 15 is 0 Å². The quantitative estimate of drug-likeness (QED) is 0.643. The van der Waals surface area contributed by atoms with Crippen LogP contribution in [0, 0.1) is 5.92 Å². The van der Waals surface area contributed by atoms with Crippen molar-refractivity contribution in [3.63, 3.8) is 0 Å². The molecule has 0 heterocycles. The average Bonchev–Trinajstić information content (AvgIpc) is 2.16. The summed E-state index contributed by atoms with van der Waals surface area (Å²) in [6.07, 6.45) is -1.45. The molecule has 5 heteroatoms. The summed E-state index contributed by atoms with van der Waals surface area (Å²) in [7, 11) is 0. The number of ether oxygens (including phenoxy) is 2. The van der Waals surface area contributed by atoms with Crippen LogP contribution in [0.4, 0.5) is 0 Å². The van der Waals surface area contributed by atoms with Crippen LogP contribution in [-0.2, 0) is 19.1 Å². The lowest BCUT2D eigenvalue weighted by atomic mass is 10.1. The highest BCUT2D eigenvalue weighted by Gasteiger charge is 2.30. The average molecular weight is 204 g/mol. The van der Waals surface area contributed by atoms with Gasteiger partial charge in [-0.1, -0.05) is 0 Å². The summed E-state index contributed by atoms with van der Waals surface area (Å²) in [6.45, 7) is 5.09. The molecular weight excluding hydrogens is 188 g/mol. The number of hydrogen-bond donors (Lipinski definition) is 1. The lowest BCUT2D eigenvalue weighted by Gasteiger charge is -2.15. The zero-order valence-corrected chi connectivity index (χ0v) is 8.65. The lowest BCUT2D eigenvalue weighted by molar-refractivity contribution is -0.165. The second-order valence-corrected chi connectivity index (χ2v) is 2.74. The fraction of sp³-hybridized carbons (Fsp3) is 0.778. The molecule has 0 aliphatic heterocycles. The van der Waals surface area contributed by atoms with Crippen LogP contribution in [0.2, 0.25) is 0 Å². The largest absolute Gasteiger partial charge is 0.466 e. The highest BCUT2D eigenvalue weighted by molar-refractivity contribution is 5.83. The van der Waals surface area contributed by atoms with Crippen molar-refractivity contribution >= 4 is 11.9 Å². The van der Waals surface area contributed by atoms with Crippen LogP contribution < -0.4 is 0 Å². The summed E-state index contributed by atoms with van der Waals surface area (Å²) in [4.78, 5) is 22.1. The number of aliphatic hydroxyl groups excluding tert-OH is 1. The molecule has 0 aliphatic carbocycles. The minimum Gasteiger partial charge on any atom is -0.466 e. The molecule has 2 atom stereocenters. The number of carbonyl (C=O) groups excluding carboxylic acids is 2. The van der Waals surface area contributed by atoms with Crippen molar-refractivity contribution in [2.24, 2.45) is 5.92 Å². The smallest absolute Gasteiger partial charge is 0.335 e. The minimum atomic E-state index is -1.45. The van der Waals surface area contributed by atoms with E-state index in [1.807, 2.05) is 0 Å². The Labute approximate surface area is 83.0 Å². The second-order valence-electron chi connectivity index (χ2n) is 2.74. The summed E-state index contributed by atoms with van der Waals surface area (Å²) < 4.78 is 9.20. The second kappa shape index (κ2) is 6.37. The molecule has 5 nitrogen and oxygen atoms in total. The zero-order chi connectivity index (χ0) is 11.1. The molecule has 0 aromatic carbocycles. The standard InChI is InChI=1S/C9H16O5/c1-4-13-8(11)6(3)7(10)9(12)14-5-2/h6-7,10H,4-5H2,1-3H3/t6-,7+/m0/s1. The molecule has 0 aliphatic rings. The molecule has 0 bridgehead atoms. The van der Waals surface area contributed by atoms with E-state index in [0.29, 0.717) is 0 Å². The van der Waals surface area contributed by atoms with Crippen LogP contribution in [0.5, 0.6) is 0 Å². The van der Waals surface area contributed by atoms with Gasteiger partial charge in [0.15, 0.2) is 6.10 Å². The summed E-state index contributed by atoms with van der Waals surface area (Å²) in [5.74, 6) is -2.30. The lowest BCUT2D eigenvalue weighted by Crippen LogP contribution is -2.35. The van der Waals surface area contributed by atoms with Crippen molar-refractivity contribution in [1.29, 1.82) is 0 Å². The van der Waals surface area contributed by atoms with Crippen molar-refractivity contribution in [2.45, 2.75) is 26.9 Å². The molecule has 0 saturated heterocycles. The maximum absolute atomic E-state index is 11.1. The Kier molecular flexibility index (Phi) is 5.87. The van der Waals surface area contributed by atoms with Crippen LogP contribution >= 0.6 is 0 Å². The molecule has 14 heavy (non-hydrogen) atoms. The first-order valence-corrected chi connectivity index (χ1v) is 4.55. The predicted octanol–water partition coefficient (Wildman–Crippen LogP) is 0.110. The summed E-state index contributed by atoms with van der Waals surface area (Å²) >= 11 is 0. The molecule has 0 aromatic rings. The molecule has 0 aromatic heterocycles. The van der Waals surface area contributed by atoms with Gasteiger partial charge in [-0.15, -0.1) is 0 Å². The third kappa shape index (κ3) is 3.74. The highest BCUT2D eigenvalue weighted by Crippen LogP contribution is 2.07. The van der Waals surface area contributed by atoms with Gasteiger partial charge in [0, 0.05) is 0 Å². The van der Waals surface area contributed by atoms with Gasteiger partial charge in [0.05, 0.1) is 19.1 Å². The highest BCUT2D eigenvalue weighted by atomic mass is 16.6. The van der Waals surface area contributed by atoms with E-state index in [2.05, 4.69) is 9.47 Å². The Hall–Kier alpha value is -1.10. The van der Waals surface area contributed by atoms with Crippen molar-refractivity contribution in [3.05, 3.63) is 0 Å². The van der Waals surface area contributed by atoms with E-state index in [1.165, 1.54) is 6.92 Å². The first-order valence-electron chi connectivity index (χ1n) is 4.55. The number of aliphatic hydroxyl groups is 1. The monoisotopic (exact) mass is 204 g/mol. The van der Waals surface area contributed by atoms with Crippen molar-refractivity contribution < 1.29 is 24.2 Å². The number of carbonyl (C=O) groups is 2. The molecule has 0 fully saturated rings. The number of hydrogen-bond acceptors (Lipinski definition) is 5. The van der Waals surface area contributed by atoms with Gasteiger partial charge in [0.2, 0.25) is 0 Å². The van der Waals surface area contributed by atoms with Gasteiger partial charge in [-0.3, -0.25) is 4.79 Å². The Balaban J connectivity index is 4.16. The van der Waals surface area contributed by atoms with Crippen LogP contribution in [0.3, 0.4) is 0 Å². The Morgan fingerprint density at radius 2 is 1.57 bits per heavy atom. The Morgan fingerprint density at radius 1 is 1.14 bits per heavy atom. The van der Waals surface area contributed by atoms with Gasteiger partial charge in [-0.05, 0) is 20.8 Å². The maximum Gasteiger partial charge on any atom is 0.335 e. The fourth-order valence-electron chi connectivity index (χ4n) is 0.834. The first kappa shape index (κ1) is 12.9. The maximum atomic E-state index is 11.1. The topological polar surface area (TPSA) is 72.8 Å².